The molecule has 0 spiro atoms. The second kappa shape index (κ2) is 4.61. The molecule has 0 unspecified atom stereocenters. The fraction of sp³-hybridized carbons (Fsp3) is 0.0625. The number of hydrogen-bond acceptors (Lipinski definition) is 3. The van der Waals surface area contributed by atoms with Gasteiger partial charge in [0.05, 0.1) is 12.5 Å². The molecule has 0 amide bonds. The summed E-state index contributed by atoms with van der Waals surface area (Å²) in [6.45, 7) is 0. The third-order valence-electron chi connectivity index (χ3n) is 3.03. The van der Waals surface area contributed by atoms with Gasteiger partial charge in [0.15, 0.2) is 0 Å². The molecule has 1 aromatic heterocycles. The molecule has 19 heavy (non-hydrogen) atoms. The smallest absolute Gasteiger partial charge is 0.344 e. The van der Waals surface area contributed by atoms with Crippen molar-refractivity contribution in [3.8, 4) is 17.1 Å². The molecule has 2 aromatic carbocycles. The van der Waals surface area contributed by atoms with E-state index >= 15 is 0 Å². The normalized spacial score (nSPS) is 10.6. The topological polar surface area (TPSA) is 39.4 Å². The van der Waals surface area contributed by atoms with Crippen molar-refractivity contribution in [1.82, 2.24) is 0 Å². The number of hydrogen-bond donors (Lipinski definition) is 0. The van der Waals surface area contributed by atoms with Crippen LogP contribution < -0.4 is 10.4 Å². The Morgan fingerprint density at radius 2 is 1.79 bits per heavy atom. The van der Waals surface area contributed by atoms with Crippen LogP contribution in [0.5, 0.6) is 5.75 Å². The van der Waals surface area contributed by atoms with Crippen molar-refractivity contribution in [3.63, 3.8) is 0 Å². The molecule has 3 aromatic rings. The average Bonchev–Trinajstić information content (AvgIpc) is 2.48. The summed E-state index contributed by atoms with van der Waals surface area (Å²) in [5.41, 5.74) is 0.535. The lowest BCUT2D eigenvalue weighted by atomic mass is 10.1. The number of fused-ring (bicyclic) bond motifs is 1. The van der Waals surface area contributed by atoms with E-state index in [0.717, 1.165) is 10.9 Å². The summed E-state index contributed by atoms with van der Waals surface area (Å²) in [6, 6.07) is 16.8. The molecule has 3 heteroatoms. The van der Waals surface area contributed by atoms with Gasteiger partial charge in [-0.2, -0.15) is 0 Å². The predicted octanol–water partition coefficient (Wildman–Crippen LogP) is 3.47. The van der Waals surface area contributed by atoms with Gasteiger partial charge in [0.25, 0.3) is 0 Å². The first-order valence-electron chi connectivity index (χ1n) is 5.95. The molecule has 0 saturated carbocycles. The third-order valence-corrected chi connectivity index (χ3v) is 3.03. The van der Waals surface area contributed by atoms with Crippen LogP contribution in [0.15, 0.2) is 63.8 Å². The standard InChI is InChI=1S/C16H12O3/c1-18-13-8-7-12-9-15(11-5-3-2-4-6-11)19-16(17)14(12)10-13/h2-10H,1H3. The Morgan fingerprint density at radius 1 is 1.00 bits per heavy atom. The maximum absolute atomic E-state index is 12.0. The molecule has 0 radical (unpaired) electrons. The third kappa shape index (κ3) is 2.10. The quantitative estimate of drug-likeness (QED) is 0.701. The van der Waals surface area contributed by atoms with Crippen LogP contribution in [0.1, 0.15) is 0 Å². The Balaban J connectivity index is 2.23. The van der Waals surface area contributed by atoms with E-state index in [-0.39, 0.29) is 5.63 Å². The van der Waals surface area contributed by atoms with Crippen LogP contribution in [0.4, 0.5) is 0 Å². The highest BCUT2D eigenvalue weighted by Crippen LogP contribution is 2.24. The largest absolute Gasteiger partial charge is 0.497 e. The SMILES string of the molecule is COc1ccc2cc(-c3ccccc3)oc(=O)c2c1. The minimum Gasteiger partial charge on any atom is -0.497 e. The number of rotatable bonds is 2. The zero-order chi connectivity index (χ0) is 13.2. The lowest BCUT2D eigenvalue weighted by Gasteiger charge is -2.04. The van der Waals surface area contributed by atoms with E-state index in [0.29, 0.717) is 16.9 Å². The number of methoxy groups -OCH3 is 1. The van der Waals surface area contributed by atoms with Crippen molar-refractivity contribution in [2.45, 2.75) is 0 Å². The van der Waals surface area contributed by atoms with Gasteiger partial charge in [0, 0.05) is 5.56 Å². The van der Waals surface area contributed by atoms with Crippen LogP contribution in [0, 0.1) is 0 Å². The van der Waals surface area contributed by atoms with Crippen LogP contribution in [0.3, 0.4) is 0 Å². The summed E-state index contributed by atoms with van der Waals surface area (Å²) >= 11 is 0. The van der Waals surface area contributed by atoms with Gasteiger partial charge in [0.1, 0.15) is 11.5 Å². The van der Waals surface area contributed by atoms with Gasteiger partial charge in [-0.1, -0.05) is 36.4 Å². The van der Waals surface area contributed by atoms with E-state index < -0.39 is 0 Å². The van der Waals surface area contributed by atoms with Gasteiger partial charge in [-0.25, -0.2) is 4.79 Å². The minimum atomic E-state index is -0.352. The van der Waals surface area contributed by atoms with Crippen molar-refractivity contribution in [2.24, 2.45) is 0 Å². The molecule has 3 rings (SSSR count). The van der Waals surface area contributed by atoms with Gasteiger partial charge in [-0.3, -0.25) is 0 Å². The van der Waals surface area contributed by atoms with Crippen molar-refractivity contribution in [1.29, 1.82) is 0 Å². The van der Waals surface area contributed by atoms with Gasteiger partial charge in [-0.05, 0) is 23.6 Å². The maximum atomic E-state index is 12.0. The minimum absolute atomic E-state index is 0.352. The fourth-order valence-corrected chi connectivity index (χ4v) is 2.04. The Bertz CT molecular complexity index is 773. The molecular formula is C16H12O3. The van der Waals surface area contributed by atoms with Crippen LogP contribution in [0.2, 0.25) is 0 Å². The Morgan fingerprint density at radius 3 is 2.53 bits per heavy atom. The van der Waals surface area contributed by atoms with Crippen molar-refractivity contribution in [3.05, 3.63) is 65.0 Å². The predicted molar refractivity (Wildman–Crippen MR) is 74.5 cm³/mol. The van der Waals surface area contributed by atoms with Crippen LogP contribution in [-0.2, 0) is 0 Å². The van der Waals surface area contributed by atoms with Gasteiger partial charge >= 0.3 is 5.63 Å². The molecule has 0 saturated heterocycles. The highest BCUT2D eigenvalue weighted by molar-refractivity contribution is 5.85. The molecule has 0 aliphatic heterocycles. The van der Waals surface area contributed by atoms with Crippen LogP contribution in [-0.4, -0.2) is 7.11 Å². The molecule has 1 heterocycles. The lowest BCUT2D eigenvalue weighted by Crippen LogP contribution is -2.00. The summed E-state index contributed by atoms with van der Waals surface area (Å²) in [5, 5.41) is 1.37. The molecule has 0 atom stereocenters. The summed E-state index contributed by atoms with van der Waals surface area (Å²) in [6.07, 6.45) is 0. The maximum Gasteiger partial charge on any atom is 0.344 e. The van der Waals surface area contributed by atoms with E-state index in [2.05, 4.69) is 0 Å². The first-order valence-corrected chi connectivity index (χ1v) is 5.95. The van der Waals surface area contributed by atoms with Crippen molar-refractivity contribution < 1.29 is 9.15 Å². The Kier molecular flexibility index (Phi) is 2.80. The monoisotopic (exact) mass is 252 g/mol. The molecule has 0 N–H and O–H groups in total. The van der Waals surface area contributed by atoms with E-state index in [4.69, 9.17) is 9.15 Å². The summed E-state index contributed by atoms with van der Waals surface area (Å²) in [7, 11) is 1.57. The lowest BCUT2D eigenvalue weighted by molar-refractivity contribution is 0.415. The number of ether oxygens (including phenoxy) is 1. The molecule has 0 fully saturated rings. The molecule has 0 aliphatic carbocycles. The van der Waals surface area contributed by atoms with Gasteiger partial charge < -0.3 is 9.15 Å². The van der Waals surface area contributed by atoms with E-state index in [1.165, 1.54) is 0 Å². The summed E-state index contributed by atoms with van der Waals surface area (Å²) in [4.78, 5) is 12.0. The highest BCUT2D eigenvalue weighted by atomic mass is 16.5. The van der Waals surface area contributed by atoms with E-state index in [1.807, 2.05) is 48.5 Å². The second-order valence-electron chi connectivity index (χ2n) is 4.22. The van der Waals surface area contributed by atoms with Gasteiger partial charge in [-0.15, -0.1) is 0 Å². The first kappa shape index (κ1) is 11.5. The molecular weight excluding hydrogens is 240 g/mol. The number of benzene rings is 2. The van der Waals surface area contributed by atoms with Crippen molar-refractivity contribution >= 4 is 10.8 Å². The average molecular weight is 252 g/mol. The first-order chi connectivity index (χ1) is 9.28. The Hall–Kier alpha value is -2.55. The molecule has 3 nitrogen and oxygen atoms in total. The van der Waals surface area contributed by atoms with Crippen LogP contribution >= 0.6 is 0 Å². The molecule has 0 bridgehead atoms. The highest BCUT2D eigenvalue weighted by Gasteiger charge is 2.07. The zero-order valence-corrected chi connectivity index (χ0v) is 10.4. The zero-order valence-electron chi connectivity index (χ0n) is 10.4. The van der Waals surface area contributed by atoms with Crippen molar-refractivity contribution in [2.75, 3.05) is 7.11 Å². The summed E-state index contributed by atoms with van der Waals surface area (Å²) in [5.74, 6) is 1.22. The molecule has 0 aliphatic rings. The van der Waals surface area contributed by atoms with E-state index in [1.54, 1.807) is 13.2 Å². The fourth-order valence-electron chi connectivity index (χ4n) is 2.04. The molecule has 94 valence electrons. The summed E-state index contributed by atoms with van der Waals surface area (Å²) < 4.78 is 10.5. The van der Waals surface area contributed by atoms with Crippen LogP contribution in [0.25, 0.3) is 22.1 Å². The van der Waals surface area contributed by atoms with E-state index in [9.17, 15) is 4.79 Å². The van der Waals surface area contributed by atoms with Gasteiger partial charge in [0.2, 0.25) is 0 Å². The Labute approximate surface area is 110 Å². The second-order valence-corrected chi connectivity index (χ2v) is 4.22.